The molecule has 0 saturated heterocycles. The number of benzene rings is 4. The van der Waals surface area contributed by atoms with Crippen LogP contribution in [0.4, 0.5) is 5.69 Å². The van der Waals surface area contributed by atoms with Gasteiger partial charge in [-0.05, 0) is 54.3 Å². The van der Waals surface area contributed by atoms with Crippen LogP contribution in [0.3, 0.4) is 0 Å². The first-order chi connectivity index (χ1) is 22.2. The fourth-order valence-corrected chi connectivity index (χ4v) is 6.55. The van der Waals surface area contributed by atoms with Crippen molar-refractivity contribution in [2.75, 3.05) is 31.6 Å². The van der Waals surface area contributed by atoms with E-state index >= 15 is 0 Å². The number of methoxy groups -OCH3 is 2. The molecule has 0 bridgehead atoms. The van der Waals surface area contributed by atoms with Crippen LogP contribution < -0.4 is 19.1 Å². The highest BCUT2D eigenvalue weighted by molar-refractivity contribution is 7.92. The van der Waals surface area contributed by atoms with Gasteiger partial charge in [-0.2, -0.15) is 0 Å². The summed E-state index contributed by atoms with van der Waals surface area (Å²) in [6, 6.07) is 29.0. The molecule has 10 heteroatoms. The van der Waals surface area contributed by atoms with Crippen LogP contribution in [-0.4, -0.2) is 58.5 Å². The molecule has 2 amide bonds. The second-order valence-corrected chi connectivity index (χ2v) is 12.7. The molecule has 0 saturated carbocycles. The Balaban J connectivity index is 1.81. The molecule has 0 aromatic heterocycles. The number of para-hydroxylation sites is 1. The minimum atomic E-state index is -4.29. The van der Waals surface area contributed by atoms with E-state index in [1.807, 2.05) is 68.4 Å². The van der Waals surface area contributed by atoms with Gasteiger partial charge < -0.3 is 19.7 Å². The monoisotopic (exact) mass is 643 g/mol. The van der Waals surface area contributed by atoms with Crippen molar-refractivity contribution in [3.05, 3.63) is 120 Å². The number of nitrogens with one attached hydrogen (secondary N) is 1. The molecule has 1 N–H and O–H groups in total. The number of rotatable bonds is 15. The van der Waals surface area contributed by atoms with Gasteiger partial charge in [-0.3, -0.25) is 13.9 Å². The number of anilines is 1. The summed E-state index contributed by atoms with van der Waals surface area (Å²) in [4.78, 5) is 29.7. The van der Waals surface area contributed by atoms with E-state index in [0.29, 0.717) is 18.0 Å². The molecule has 0 aliphatic rings. The molecule has 0 spiro atoms. The Labute approximate surface area is 271 Å². The highest BCUT2D eigenvalue weighted by Gasteiger charge is 2.35. The Bertz CT molecular complexity index is 1710. The zero-order valence-corrected chi connectivity index (χ0v) is 27.5. The van der Waals surface area contributed by atoms with Gasteiger partial charge in [-0.1, -0.05) is 79.7 Å². The third-order valence-electron chi connectivity index (χ3n) is 7.69. The topological polar surface area (TPSA) is 105 Å². The van der Waals surface area contributed by atoms with Crippen LogP contribution in [-0.2, 0) is 32.6 Å². The Morgan fingerprint density at radius 2 is 1.46 bits per heavy atom. The summed E-state index contributed by atoms with van der Waals surface area (Å²) in [5, 5.41) is 2.96. The Hall–Kier alpha value is -4.83. The minimum absolute atomic E-state index is 0.0752. The van der Waals surface area contributed by atoms with Gasteiger partial charge in [0.2, 0.25) is 11.8 Å². The predicted octanol–water partition coefficient (Wildman–Crippen LogP) is 5.37. The molecule has 9 nitrogen and oxygen atoms in total. The molecular weight excluding hydrogens is 602 g/mol. The van der Waals surface area contributed by atoms with Crippen molar-refractivity contribution in [1.29, 1.82) is 0 Å². The molecule has 0 aliphatic carbocycles. The van der Waals surface area contributed by atoms with Gasteiger partial charge in [-0.25, -0.2) is 8.42 Å². The van der Waals surface area contributed by atoms with Crippen molar-refractivity contribution in [3.8, 4) is 11.5 Å². The minimum Gasteiger partial charge on any atom is -0.493 e. The normalized spacial score (nSPS) is 11.7. The van der Waals surface area contributed by atoms with Gasteiger partial charge in [0.1, 0.15) is 12.6 Å². The third-order valence-corrected chi connectivity index (χ3v) is 9.46. The summed E-state index contributed by atoms with van der Waals surface area (Å²) in [7, 11) is -1.40. The molecule has 46 heavy (non-hydrogen) atoms. The number of sulfonamides is 1. The summed E-state index contributed by atoms with van der Waals surface area (Å²) in [6.45, 7) is 3.92. The standard InChI is InChI=1S/C36H41N3O6S/c1-5-22-37-36(41)32(23-28-15-8-6-9-16-28)38(25-29-17-13-12-14-27(29)2)35(40)26-39(30-18-10-7-11-19-30)46(42,43)31-20-21-33(44-3)34(24-31)45-4/h6-21,24,32H,5,22-23,25-26H2,1-4H3,(H,37,41). The van der Waals surface area contributed by atoms with Crippen LogP contribution in [0.5, 0.6) is 11.5 Å². The molecule has 4 rings (SSSR count). The first kappa shape index (κ1) is 34.1. The maximum absolute atomic E-state index is 14.5. The SMILES string of the molecule is CCCNC(=O)C(Cc1ccccc1)N(Cc1ccccc1C)C(=O)CN(c1ccccc1)S(=O)(=O)c1ccc(OC)c(OC)c1. The van der Waals surface area contributed by atoms with Crippen LogP contribution in [0.1, 0.15) is 30.0 Å². The fourth-order valence-electron chi connectivity index (χ4n) is 5.12. The van der Waals surface area contributed by atoms with Gasteiger partial charge >= 0.3 is 0 Å². The Morgan fingerprint density at radius 1 is 0.826 bits per heavy atom. The van der Waals surface area contributed by atoms with Crippen molar-refractivity contribution in [1.82, 2.24) is 10.2 Å². The number of hydrogen-bond acceptors (Lipinski definition) is 6. The molecule has 0 fully saturated rings. The number of carbonyl (C=O) groups excluding carboxylic acids is 2. The largest absolute Gasteiger partial charge is 0.493 e. The number of aryl methyl sites for hydroxylation is 1. The molecular formula is C36H41N3O6S. The summed E-state index contributed by atoms with van der Waals surface area (Å²) in [5.41, 5.74) is 2.98. The average Bonchev–Trinajstić information content (AvgIpc) is 3.08. The second-order valence-electron chi connectivity index (χ2n) is 10.8. The molecule has 4 aromatic rings. The summed E-state index contributed by atoms with van der Waals surface area (Å²) in [6.07, 6.45) is 0.975. The van der Waals surface area contributed by atoms with Crippen molar-refractivity contribution < 1.29 is 27.5 Å². The lowest BCUT2D eigenvalue weighted by Crippen LogP contribution is -2.53. The van der Waals surface area contributed by atoms with Crippen LogP contribution in [0.25, 0.3) is 0 Å². The number of hydrogen-bond donors (Lipinski definition) is 1. The highest BCUT2D eigenvalue weighted by Crippen LogP contribution is 2.32. The van der Waals surface area contributed by atoms with Crippen molar-refractivity contribution in [2.45, 2.75) is 44.2 Å². The fraction of sp³-hybridized carbons (Fsp3) is 0.278. The Kier molecular flexibility index (Phi) is 11.8. The lowest BCUT2D eigenvalue weighted by Gasteiger charge is -2.34. The highest BCUT2D eigenvalue weighted by atomic mass is 32.2. The van der Waals surface area contributed by atoms with Crippen molar-refractivity contribution in [2.24, 2.45) is 0 Å². The van der Waals surface area contributed by atoms with E-state index in [-0.39, 0.29) is 29.5 Å². The predicted molar refractivity (Wildman–Crippen MR) is 179 cm³/mol. The van der Waals surface area contributed by atoms with Crippen LogP contribution >= 0.6 is 0 Å². The molecule has 0 aliphatic heterocycles. The summed E-state index contributed by atoms with van der Waals surface area (Å²) in [5.74, 6) is -0.222. The zero-order chi connectivity index (χ0) is 33.1. The molecule has 1 atom stereocenters. The van der Waals surface area contributed by atoms with E-state index in [4.69, 9.17) is 9.47 Å². The van der Waals surface area contributed by atoms with Gasteiger partial charge in [0.05, 0.1) is 24.8 Å². The number of nitrogens with zero attached hydrogens (tertiary/aromatic N) is 2. The first-order valence-corrected chi connectivity index (χ1v) is 16.6. The summed E-state index contributed by atoms with van der Waals surface area (Å²) < 4.78 is 40.3. The smallest absolute Gasteiger partial charge is 0.264 e. The number of amides is 2. The first-order valence-electron chi connectivity index (χ1n) is 15.1. The molecule has 242 valence electrons. The lowest BCUT2D eigenvalue weighted by molar-refractivity contribution is -0.140. The quantitative estimate of drug-likeness (QED) is 0.187. The van der Waals surface area contributed by atoms with E-state index in [9.17, 15) is 18.0 Å². The molecule has 1 unspecified atom stereocenters. The lowest BCUT2D eigenvalue weighted by atomic mass is 10.0. The van der Waals surface area contributed by atoms with Gasteiger partial charge in [-0.15, -0.1) is 0 Å². The second kappa shape index (κ2) is 15.9. The van der Waals surface area contributed by atoms with Crippen molar-refractivity contribution in [3.63, 3.8) is 0 Å². The van der Waals surface area contributed by atoms with Gasteiger partial charge in [0, 0.05) is 25.6 Å². The summed E-state index contributed by atoms with van der Waals surface area (Å²) >= 11 is 0. The van der Waals surface area contributed by atoms with E-state index in [0.717, 1.165) is 27.4 Å². The van der Waals surface area contributed by atoms with Gasteiger partial charge in [0.15, 0.2) is 11.5 Å². The zero-order valence-electron chi connectivity index (χ0n) is 26.7. The van der Waals surface area contributed by atoms with Crippen molar-refractivity contribution >= 4 is 27.5 Å². The van der Waals surface area contributed by atoms with Crippen LogP contribution in [0.2, 0.25) is 0 Å². The van der Waals surface area contributed by atoms with E-state index in [2.05, 4.69) is 5.32 Å². The molecule has 4 aromatic carbocycles. The van der Waals surface area contributed by atoms with E-state index < -0.39 is 28.5 Å². The average molecular weight is 644 g/mol. The van der Waals surface area contributed by atoms with Crippen LogP contribution in [0.15, 0.2) is 108 Å². The maximum atomic E-state index is 14.5. The van der Waals surface area contributed by atoms with Crippen LogP contribution in [0, 0.1) is 6.92 Å². The maximum Gasteiger partial charge on any atom is 0.264 e. The third kappa shape index (κ3) is 8.25. The molecule has 0 radical (unpaired) electrons. The van der Waals surface area contributed by atoms with Gasteiger partial charge in [0.25, 0.3) is 10.0 Å². The van der Waals surface area contributed by atoms with E-state index in [1.165, 1.54) is 37.3 Å². The van der Waals surface area contributed by atoms with E-state index in [1.54, 1.807) is 30.3 Å². The molecule has 0 heterocycles. The number of ether oxygens (including phenoxy) is 2. The number of carbonyl (C=O) groups is 2. The Morgan fingerprint density at radius 3 is 2.09 bits per heavy atom.